The maximum absolute atomic E-state index is 14.2. The highest BCUT2D eigenvalue weighted by atomic mass is 32.2. The monoisotopic (exact) mass is 774 g/mol. The van der Waals surface area contributed by atoms with Crippen LogP contribution < -0.4 is 10.1 Å². The number of phenols is 1. The number of esters is 1. The third-order valence-corrected chi connectivity index (χ3v) is 12.3. The molecule has 13 nitrogen and oxygen atoms in total. The molecule has 6 bridgehead atoms. The SMILES string of the molecule is C=C/C(=C(\N=CC)[C@H](C)OC)c1c2c3cc(ccc3n1CC)-c1cc(O)cc(c1)C[C@H](NS(=O)(=O)N1CCC1)C(=O)N1CCC[C@H](N1)C(=O)OCC(C)(C)C2. The highest BCUT2D eigenvalue weighted by molar-refractivity contribution is 7.87. The average Bonchev–Trinajstić information content (AvgIpc) is 3.42. The lowest BCUT2D eigenvalue weighted by molar-refractivity contribution is -0.155. The second-order valence-electron chi connectivity index (χ2n) is 15.4. The third kappa shape index (κ3) is 8.43. The molecule has 3 aliphatic heterocycles. The van der Waals surface area contributed by atoms with E-state index in [1.54, 1.807) is 25.5 Å². The molecule has 0 spiro atoms. The van der Waals surface area contributed by atoms with Crippen LogP contribution in [0, 0.1) is 5.41 Å². The first-order valence-corrected chi connectivity index (χ1v) is 20.5. The Bertz CT molecular complexity index is 2140. The zero-order valence-electron chi connectivity index (χ0n) is 32.7. The molecular formula is C41H54N6O7S. The number of aromatic hydroxyl groups is 1. The number of nitrogens with one attached hydrogen (secondary N) is 2. The van der Waals surface area contributed by atoms with Crippen molar-refractivity contribution in [3.05, 3.63) is 71.6 Å². The Hall–Kier alpha value is -4.34. The van der Waals surface area contributed by atoms with E-state index in [4.69, 9.17) is 14.5 Å². The Kier molecular flexibility index (Phi) is 12.0. The third-order valence-electron chi connectivity index (χ3n) is 10.7. The number of carbonyl (C=O) groups excluding carboxylic acids is 2. The van der Waals surface area contributed by atoms with E-state index in [0.717, 1.165) is 45.4 Å². The molecule has 2 fully saturated rings. The van der Waals surface area contributed by atoms with Crippen LogP contribution in [0.5, 0.6) is 5.75 Å². The number of phenolic OH excluding ortho intramolecular Hbond substituents is 1. The second kappa shape index (κ2) is 16.4. The maximum Gasteiger partial charge on any atom is 0.324 e. The van der Waals surface area contributed by atoms with Gasteiger partial charge < -0.3 is 19.1 Å². The van der Waals surface area contributed by atoms with Crippen molar-refractivity contribution in [2.75, 3.05) is 33.4 Å². The van der Waals surface area contributed by atoms with Gasteiger partial charge in [0.25, 0.3) is 16.1 Å². The van der Waals surface area contributed by atoms with Gasteiger partial charge in [0.1, 0.15) is 17.8 Å². The number of amides is 1. The van der Waals surface area contributed by atoms with E-state index in [9.17, 15) is 23.1 Å². The van der Waals surface area contributed by atoms with Gasteiger partial charge in [-0.05, 0) is 99.4 Å². The molecule has 296 valence electrons. The molecule has 1 aromatic heterocycles. The van der Waals surface area contributed by atoms with Crippen molar-refractivity contribution in [2.24, 2.45) is 10.4 Å². The van der Waals surface area contributed by atoms with Gasteiger partial charge in [0, 0.05) is 61.4 Å². The highest BCUT2D eigenvalue weighted by Crippen LogP contribution is 2.40. The van der Waals surface area contributed by atoms with Gasteiger partial charge in [-0.15, -0.1) is 0 Å². The van der Waals surface area contributed by atoms with E-state index in [0.29, 0.717) is 50.0 Å². The molecule has 14 heteroatoms. The van der Waals surface area contributed by atoms with Crippen LogP contribution in [0.15, 0.2) is 59.7 Å². The van der Waals surface area contributed by atoms with Crippen molar-refractivity contribution in [3.63, 3.8) is 0 Å². The number of hydrogen-bond acceptors (Lipinski definition) is 9. The molecule has 0 aliphatic carbocycles. The Morgan fingerprint density at radius 1 is 1.16 bits per heavy atom. The number of aromatic nitrogens is 1. The minimum Gasteiger partial charge on any atom is -0.508 e. The summed E-state index contributed by atoms with van der Waals surface area (Å²) in [6.07, 6.45) is 5.44. The Labute approximate surface area is 324 Å². The topological polar surface area (TPSA) is 155 Å². The van der Waals surface area contributed by atoms with Crippen LogP contribution in [0.1, 0.15) is 70.7 Å². The maximum atomic E-state index is 14.2. The molecule has 2 aromatic carbocycles. The predicted molar refractivity (Wildman–Crippen MR) is 215 cm³/mol. The lowest BCUT2D eigenvalue weighted by Gasteiger charge is -2.36. The van der Waals surface area contributed by atoms with Crippen LogP contribution in [0.25, 0.3) is 27.6 Å². The number of cyclic esters (lactones) is 1. The number of hydrogen-bond donors (Lipinski definition) is 3. The fourth-order valence-corrected chi connectivity index (χ4v) is 9.17. The minimum absolute atomic E-state index is 0.0154. The van der Waals surface area contributed by atoms with Crippen LogP contribution in [-0.2, 0) is 48.7 Å². The van der Waals surface area contributed by atoms with Crippen molar-refractivity contribution in [3.8, 4) is 16.9 Å². The summed E-state index contributed by atoms with van der Waals surface area (Å²) in [6.45, 7) is 16.0. The fourth-order valence-electron chi connectivity index (χ4n) is 7.74. The van der Waals surface area contributed by atoms with Crippen LogP contribution in [-0.4, -0.2) is 97.0 Å². The normalized spacial score (nSPS) is 22.2. The van der Waals surface area contributed by atoms with E-state index in [1.807, 2.05) is 32.1 Å². The molecule has 6 rings (SSSR count). The van der Waals surface area contributed by atoms with Crippen LogP contribution in [0.2, 0.25) is 0 Å². The standard InChI is InChI=1S/C41H54N6O7S/c1-8-31(37(42-9-2)26(4)53-7)38-33-24-41(5,6)25-54-40(50)34-13-11-18-47(43-34)39(49)35(44-55(51,52)45-16-12-17-45)21-27-19-29(22-30(48)20-27)28-14-15-36(32(33)23-28)46(38)10-3/h8-9,14-15,19-20,22-23,26,34-35,43-44,48H,1,10-13,16-18,21,24-25H2,2-7H3/b37-31+,42-9?/t26-,34-,35-/m0/s1. The van der Waals surface area contributed by atoms with Gasteiger partial charge in [-0.25, -0.2) is 5.43 Å². The molecule has 1 amide bonds. The van der Waals surface area contributed by atoms with Gasteiger partial charge in [-0.1, -0.05) is 38.6 Å². The van der Waals surface area contributed by atoms with E-state index in [1.165, 1.54) is 9.31 Å². The summed E-state index contributed by atoms with van der Waals surface area (Å²) in [6, 6.07) is 9.26. The molecule has 3 N–H and O–H groups in total. The van der Waals surface area contributed by atoms with Gasteiger partial charge >= 0.3 is 5.97 Å². The molecule has 0 unspecified atom stereocenters. The number of rotatable bonds is 9. The zero-order chi connectivity index (χ0) is 39.7. The van der Waals surface area contributed by atoms with Crippen LogP contribution in [0.3, 0.4) is 0 Å². The number of hydrazine groups is 1. The number of benzene rings is 2. The second-order valence-corrected chi connectivity index (χ2v) is 17.1. The van der Waals surface area contributed by atoms with E-state index < -0.39 is 39.6 Å². The van der Waals surface area contributed by atoms with Crippen molar-refractivity contribution in [1.82, 2.24) is 24.0 Å². The average molecular weight is 775 g/mol. The van der Waals surface area contributed by atoms with E-state index >= 15 is 0 Å². The summed E-state index contributed by atoms with van der Waals surface area (Å²) in [5.74, 6) is -1.02. The van der Waals surface area contributed by atoms with Crippen LogP contribution >= 0.6 is 0 Å². The smallest absolute Gasteiger partial charge is 0.324 e. The summed E-state index contributed by atoms with van der Waals surface area (Å²) in [7, 11) is -2.33. The summed E-state index contributed by atoms with van der Waals surface area (Å²) in [5, 5.41) is 13.4. The van der Waals surface area contributed by atoms with Gasteiger partial charge in [-0.3, -0.25) is 19.6 Å². The quantitative estimate of drug-likeness (QED) is 0.154. The molecule has 55 heavy (non-hydrogen) atoms. The molecule has 0 saturated carbocycles. The van der Waals surface area contributed by atoms with Crippen molar-refractivity contribution < 1.29 is 32.6 Å². The van der Waals surface area contributed by atoms with Gasteiger partial charge in [0.2, 0.25) is 0 Å². The highest BCUT2D eigenvalue weighted by Gasteiger charge is 2.38. The summed E-state index contributed by atoms with van der Waals surface area (Å²) < 4.78 is 44.7. The molecule has 2 saturated heterocycles. The number of methoxy groups -OCH3 is 1. The van der Waals surface area contributed by atoms with Crippen molar-refractivity contribution in [1.29, 1.82) is 0 Å². The lowest BCUT2D eigenvalue weighted by Crippen LogP contribution is -2.62. The van der Waals surface area contributed by atoms with Crippen molar-refractivity contribution in [2.45, 2.75) is 91.5 Å². The number of aliphatic imine (C=N–C) groups is 1. The Morgan fingerprint density at radius 3 is 2.58 bits per heavy atom. The largest absolute Gasteiger partial charge is 0.508 e. The number of ether oxygens (including phenoxy) is 2. The molecule has 3 aliphatic rings. The Balaban J connectivity index is 1.56. The van der Waals surface area contributed by atoms with Gasteiger partial charge in [0.15, 0.2) is 0 Å². The summed E-state index contributed by atoms with van der Waals surface area (Å²) in [4.78, 5) is 32.6. The first kappa shape index (κ1) is 40.3. The van der Waals surface area contributed by atoms with E-state index in [-0.39, 0.29) is 31.4 Å². The van der Waals surface area contributed by atoms with E-state index in [2.05, 4.69) is 54.2 Å². The number of allylic oxidation sites excluding steroid dienone is 2. The molecule has 3 atom stereocenters. The number of carbonyl (C=O) groups is 2. The fraction of sp³-hybridized carbons (Fsp3) is 0.488. The number of fused-ring (bicyclic) bond motifs is 6. The minimum atomic E-state index is -3.98. The number of aryl methyl sites for hydroxylation is 1. The summed E-state index contributed by atoms with van der Waals surface area (Å²) >= 11 is 0. The zero-order valence-corrected chi connectivity index (χ0v) is 33.5. The molecule has 3 aromatic rings. The van der Waals surface area contributed by atoms with Gasteiger partial charge in [0.05, 0.1) is 24.1 Å². The number of nitrogens with zero attached hydrogens (tertiary/aromatic N) is 4. The molecular weight excluding hydrogens is 721 g/mol. The summed E-state index contributed by atoms with van der Waals surface area (Å²) in [5.41, 5.74) is 9.11. The molecule has 4 heterocycles. The molecule has 0 radical (unpaired) electrons. The first-order chi connectivity index (χ1) is 26.2. The predicted octanol–water partition coefficient (Wildman–Crippen LogP) is 5.13. The Morgan fingerprint density at radius 2 is 1.93 bits per heavy atom. The van der Waals surface area contributed by atoms with Crippen molar-refractivity contribution >= 4 is 44.8 Å². The first-order valence-electron chi connectivity index (χ1n) is 19.1. The van der Waals surface area contributed by atoms with Gasteiger partial charge in [-0.2, -0.15) is 17.4 Å². The lowest BCUT2D eigenvalue weighted by atomic mass is 9.84. The van der Waals surface area contributed by atoms with Crippen LogP contribution in [0.4, 0.5) is 0 Å².